The van der Waals surface area contributed by atoms with Crippen LogP contribution in [0.2, 0.25) is 0 Å². The first-order chi connectivity index (χ1) is 8.91. The summed E-state index contributed by atoms with van der Waals surface area (Å²) in [5.41, 5.74) is 3.03. The fourth-order valence-electron chi connectivity index (χ4n) is 2.21. The summed E-state index contributed by atoms with van der Waals surface area (Å²) in [6.45, 7) is 17.7. The number of hydrogen-bond acceptors (Lipinski definition) is 3. The third-order valence-corrected chi connectivity index (χ3v) is 4.33. The van der Waals surface area contributed by atoms with Gasteiger partial charge < -0.3 is 10.6 Å². The van der Waals surface area contributed by atoms with Crippen molar-refractivity contribution < 1.29 is 0 Å². The molecule has 2 nitrogen and oxygen atoms in total. The lowest BCUT2D eigenvalue weighted by Gasteiger charge is -2.12. The van der Waals surface area contributed by atoms with Gasteiger partial charge in [0, 0.05) is 22.8 Å². The first kappa shape index (κ1) is 16.7. The predicted octanol–water partition coefficient (Wildman–Crippen LogP) is 3.86. The molecule has 19 heavy (non-hydrogen) atoms. The fourth-order valence-corrected chi connectivity index (χ4v) is 3.31. The lowest BCUT2D eigenvalue weighted by atomic mass is 10.1. The van der Waals surface area contributed by atoms with E-state index in [0.29, 0.717) is 11.8 Å². The van der Waals surface area contributed by atoms with E-state index < -0.39 is 0 Å². The zero-order valence-corrected chi connectivity index (χ0v) is 14.2. The maximum atomic E-state index is 3.57. The molecule has 1 rings (SSSR count). The summed E-state index contributed by atoms with van der Waals surface area (Å²) in [5.74, 6) is 1.42. The SMILES string of the molecule is Cc1sc(C)c(CNCC(C)C)c1CNCC(C)C. The number of aryl methyl sites for hydroxylation is 2. The first-order valence-corrected chi connectivity index (χ1v) is 8.22. The van der Waals surface area contributed by atoms with Gasteiger partial charge in [0.1, 0.15) is 0 Å². The summed E-state index contributed by atoms with van der Waals surface area (Å²) >= 11 is 1.93. The largest absolute Gasteiger partial charge is 0.312 e. The predicted molar refractivity (Wildman–Crippen MR) is 86.9 cm³/mol. The molecule has 0 aliphatic heterocycles. The Labute approximate surface area is 123 Å². The van der Waals surface area contributed by atoms with Crippen LogP contribution >= 0.6 is 11.3 Å². The van der Waals surface area contributed by atoms with Gasteiger partial charge in [-0.1, -0.05) is 27.7 Å². The van der Waals surface area contributed by atoms with E-state index in [0.717, 1.165) is 26.2 Å². The van der Waals surface area contributed by atoms with E-state index in [1.165, 1.54) is 20.9 Å². The van der Waals surface area contributed by atoms with Gasteiger partial charge in [-0.3, -0.25) is 0 Å². The van der Waals surface area contributed by atoms with E-state index in [4.69, 9.17) is 0 Å². The molecule has 0 aliphatic carbocycles. The van der Waals surface area contributed by atoms with Crippen molar-refractivity contribution in [2.75, 3.05) is 13.1 Å². The highest BCUT2D eigenvalue weighted by molar-refractivity contribution is 7.12. The molecule has 1 heterocycles. The van der Waals surface area contributed by atoms with E-state index in [-0.39, 0.29) is 0 Å². The Bertz CT molecular complexity index is 346. The monoisotopic (exact) mass is 282 g/mol. The van der Waals surface area contributed by atoms with Gasteiger partial charge >= 0.3 is 0 Å². The minimum Gasteiger partial charge on any atom is -0.312 e. The molecule has 0 bridgehead atoms. The van der Waals surface area contributed by atoms with Crippen molar-refractivity contribution >= 4 is 11.3 Å². The number of hydrogen-bond donors (Lipinski definition) is 2. The molecule has 0 aliphatic rings. The van der Waals surface area contributed by atoms with Gasteiger partial charge in [0.2, 0.25) is 0 Å². The summed E-state index contributed by atoms with van der Waals surface area (Å²) in [6.07, 6.45) is 0. The van der Waals surface area contributed by atoms with Gasteiger partial charge in [-0.2, -0.15) is 0 Å². The van der Waals surface area contributed by atoms with Gasteiger partial charge in [-0.05, 0) is 49.9 Å². The summed E-state index contributed by atoms with van der Waals surface area (Å²) in [5, 5.41) is 7.15. The van der Waals surface area contributed by atoms with E-state index in [1.807, 2.05) is 11.3 Å². The minimum absolute atomic E-state index is 0.711. The Morgan fingerprint density at radius 3 is 1.47 bits per heavy atom. The molecule has 0 saturated heterocycles. The van der Waals surface area contributed by atoms with Crippen LogP contribution in [0.4, 0.5) is 0 Å². The molecule has 0 amide bonds. The molecule has 0 radical (unpaired) electrons. The molecule has 3 heteroatoms. The minimum atomic E-state index is 0.711. The summed E-state index contributed by atoms with van der Waals surface area (Å²) in [6, 6.07) is 0. The molecule has 110 valence electrons. The van der Waals surface area contributed by atoms with Crippen LogP contribution in [-0.4, -0.2) is 13.1 Å². The van der Waals surface area contributed by atoms with E-state index in [1.54, 1.807) is 0 Å². The van der Waals surface area contributed by atoms with Crippen molar-refractivity contribution in [2.45, 2.75) is 54.6 Å². The average molecular weight is 282 g/mol. The highest BCUT2D eigenvalue weighted by Crippen LogP contribution is 2.27. The Morgan fingerprint density at radius 1 is 0.789 bits per heavy atom. The maximum Gasteiger partial charge on any atom is 0.0219 e. The molecule has 0 atom stereocenters. The second-order valence-corrected chi connectivity index (χ2v) is 7.65. The van der Waals surface area contributed by atoms with Gasteiger partial charge in [0.15, 0.2) is 0 Å². The van der Waals surface area contributed by atoms with E-state index in [2.05, 4.69) is 52.2 Å². The Hall–Kier alpha value is -0.380. The van der Waals surface area contributed by atoms with Crippen LogP contribution in [0.1, 0.15) is 48.6 Å². The quantitative estimate of drug-likeness (QED) is 0.756. The summed E-state index contributed by atoms with van der Waals surface area (Å²) in [7, 11) is 0. The summed E-state index contributed by atoms with van der Waals surface area (Å²) in [4.78, 5) is 2.94. The Kier molecular flexibility index (Phi) is 7.05. The van der Waals surface area contributed by atoms with Gasteiger partial charge in [0.05, 0.1) is 0 Å². The van der Waals surface area contributed by atoms with Gasteiger partial charge in [0.25, 0.3) is 0 Å². The molecule has 2 N–H and O–H groups in total. The molecule has 0 spiro atoms. The van der Waals surface area contributed by atoms with Crippen LogP contribution < -0.4 is 10.6 Å². The lowest BCUT2D eigenvalue weighted by molar-refractivity contribution is 0.539. The average Bonchev–Trinajstić information content (AvgIpc) is 2.54. The normalized spacial score (nSPS) is 11.8. The van der Waals surface area contributed by atoms with Crippen LogP contribution in [-0.2, 0) is 13.1 Å². The van der Waals surface area contributed by atoms with Crippen molar-refractivity contribution in [3.63, 3.8) is 0 Å². The van der Waals surface area contributed by atoms with Gasteiger partial charge in [-0.25, -0.2) is 0 Å². The second kappa shape index (κ2) is 8.03. The van der Waals surface area contributed by atoms with Crippen LogP contribution in [0, 0.1) is 25.7 Å². The Morgan fingerprint density at radius 2 is 1.16 bits per heavy atom. The van der Waals surface area contributed by atoms with E-state index in [9.17, 15) is 0 Å². The Balaban J connectivity index is 2.62. The van der Waals surface area contributed by atoms with Crippen molar-refractivity contribution in [3.8, 4) is 0 Å². The third-order valence-electron chi connectivity index (χ3n) is 3.23. The standard InChI is InChI=1S/C16H30N2S/c1-11(2)7-17-9-15-13(5)19-14(6)16(15)10-18-8-12(3)4/h11-12,17-18H,7-10H2,1-6H3. The first-order valence-electron chi connectivity index (χ1n) is 7.41. The molecule has 0 fully saturated rings. The maximum absolute atomic E-state index is 3.57. The molecule has 1 aromatic rings. The molecular formula is C16H30N2S. The molecule has 0 saturated carbocycles. The smallest absolute Gasteiger partial charge is 0.0219 e. The van der Waals surface area contributed by atoms with Crippen molar-refractivity contribution in [1.29, 1.82) is 0 Å². The fraction of sp³-hybridized carbons (Fsp3) is 0.750. The third kappa shape index (κ3) is 5.64. The van der Waals surface area contributed by atoms with Crippen LogP contribution in [0.3, 0.4) is 0 Å². The molecular weight excluding hydrogens is 252 g/mol. The van der Waals surface area contributed by atoms with Crippen LogP contribution in [0.5, 0.6) is 0 Å². The van der Waals surface area contributed by atoms with Crippen molar-refractivity contribution in [3.05, 3.63) is 20.9 Å². The highest BCUT2D eigenvalue weighted by Gasteiger charge is 2.12. The van der Waals surface area contributed by atoms with Gasteiger partial charge in [-0.15, -0.1) is 11.3 Å². The molecule has 0 aromatic carbocycles. The van der Waals surface area contributed by atoms with Crippen molar-refractivity contribution in [2.24, 2.45) is 11.8 Å². The van der Waals surface area contributed by atoms with E-state index >= 15 is 0 Å². The zero-order chi connectivity index (χ0) is 14.4. The number of thiophene rings is 1. The summed E-state index contributed by atoms with van der Waals surface area (Å²) < 4.78 is 0. The molecule has 0 unspecified atom stereocenters. The highest BCUT2D eigenvalue weighted by atomic mass is 32.1. The second-order valence-electron chi connectivity index (χ2n) is 6.22. The van der Waals surface area contributed by atoms with Crippen LogP contribution in [0.15, 0.2) is 0 Å². The lowest BCUT2D eigenvalue weighted by Crippen LogP contribution is -2.22. The topological polar surface area (TPSA) is 24.1 Å². The number of nitrogens with one attached hydrogen (secondary N) is 2. The van der Waals surface area contributed by atoms with Crippen molar-refractivity contribution in [1.82, 2.24) is 10.6 Å². The number of rotatable bonds is 8. The van der Waals surface area contributed by atoms with Crippen LogP contribution in [0.25, 0.3) is 0 Å². The zero-order valence-electron chi connectivity index (χ0n) is 13.4. The molecule has 1 aromatic heterocycles.